The molecule has 0 bridgehead atoms. The van der Waals surface area contributed by atoms with Crippen LogP contribution in [0.25, 0.3) is 0 Å². The topological polar surface area (TPSA) is 92.8 Å². The van der Waals surface area contributed by atoms with Gasteiger partial charge in [-0.2, -0.15) is 8.42 Å². The van der Waals surface area contributed by atoms with Crippen LogP contribution < -0.4 is 5.32 Å². The zero-order valence-corrected chi connectivity index (χ0v) is 13.4. The SMILES string of the molecule is CC(CN1CC(S(=O)(=O)F)CC1=O)NC(=O)OC(C)(C)C. The first-order valence-corrected chi connectivity index (χ1v) is 8.04. The van der Waals surface area contributed by atoms with Gasteiger partial charge in [0.1, 0.15) is 10.9 Å². The van der Waals surface area contributed by atoms with Crippen LogP contribution in [0.15, 0.2) is 0 Å². The molecule has 1 rings (SSSR count). The molecule has 122 valence electrons. The molecule has 0 radical (unpaired) electrons. The van der Waals surface area contributed by atoms with E-state index in [0.717, 1.165) is 0 Å². The van der Waals surface area contributed by atoms with E-state index < -0.39 is 39.1 Å². The fourth-order valence-corrected chi connectivity index (χ4v) is 2.69. The molecule has 0 aromatic heterocycles. The number of carbonyl (C=O) groups is 2. The van der Waals surface area contributed by atoms with Gasteiger partial charge < -0.3 is 15.0 Å². The average Bonchev–Trinajstić information content (AvgIpc) is 2.56. The van der Waals surface area contributed by atoms with Crippen LogP contribution in [0.1, 0.15) is 34.1 Å². The fraction of sp³-hybridized carbons (Fsp3) is 0.833. The third kappa shape index (κ3) is 5.86. The molecule has 1 aliphatic heterocycles. The van der Waals surface area contributed by atoms with Gasteiger partial charge in [-0.05, 0) is 27.7 Å². The van der Waals surface area contributed by atoms with Crippen molar-refractivity contribution in [2.75, 3.05) is 13.1 Å². The quantitative estimate of drug-likeness (QED) is 0.772. The van der Waals surface area contributed by atoms with Gasteiger partial charge in [-0.1, -0.05) is 0 Å². The van der Waals surface area contributed by atoms with E-state index in [1.54, 1.807) is 27.7 Å². The van der Waals surface area contributed by atoms with Crippen molar-refractivity contribution < 1.29 is 26.6 Å². The summed E-state index contributed by atoms with van der Waals surface area (Å²) in [5, 5.41) is 1.22. The molecule has 1 saturated heterocycles. The van der Waals surface area contributed by atoms with Gasteiger partial charge in [-0.3, -0.25) is 4.79 Å². The predicted octanol–water partition coefficient (Wildman–Crippen LogP) is 0.800. The number of amides is 2. The Morgan fingerprint density at radius 3 is 2.52 bits per heavy atom. The number of nitrogens with zero attached hydrogens (tertiary/aromatic N) is 1. The fourth-order valence-electron chi connectivity index (χ4n) is 1.99. The van der Waals surface area contributed by atoms with E-state index in [1.165, 1.54) is 4.90 Å². The monoisotopic (exact) mass is 324 g/mol. The Kier molecular flexibility index (Phi) is 5.19. The van der Waals surface area contributed by atoms with Gasteiger partial charge in [0, 0.05) is 25.6 Å². The van der Waals surface area contributed by atoms with E-state index in [1.807, 2.05) is 0 Å². The second kappa shape index (κ2) is 6.17. The summed E-state index contributed by atoms with van der Waals surface area (Å²) >= 11 is 0. The number of hydrogen-bond donors (Lipinski definition) is 1. The predicted molar refractivity (Wildman–Crippen MR) is 73.8 cm³/mol. The standard InChI is InChI=1S/C12H21FN2O5S/c1-8(14-11(17)20-12(2,3)4)6-15-7-9(5-10(15)16)21(13,18)19/h8-9H,5-7H2,1-4H3,(H,14,17). The second-order valence-corrected chi connectivity index (χ2v) is 7.77. The van der Waals surface area contributed by atoms with E-state index in [0.29, 0.717) is 0 Å². The molecule has 7 nitrogen and oxygen atoms in total. The summed E-state index contributed by atoms with van der Waals surface area (Å²) < 4.78 is 39.6. The van der Waals surface area contributed by atoms with Crippen molar-refractivity contribution in [3.8, 4) is 0 Å². The minimum atomic E-state index is -4.73. The lowest BCUT2D eigenvalue weighted by atomic mass is 10.2. The van der Waals surface area contributed by atoms with Crippen molar-refractivity contribution in [1.29, 1.82) is 0 Å². The number of nitrogens with one attached hydrogen (secondary N) is 1. The number of rotatable bonds is 4. The first kappa shape index (κ1) is 17.7. The molecule has 0 aromatic carbocycles. The first-order valence-electron chi connectivity index (χ1n) is 6.59. The lowest BCUT2D eigenvalue weighted by molar-refractivity contribution is -0.127. The highest BCUT2D eigenvalue weighted by molar-refractivity contribution is 7.87. The normalized spacial score (nSPS) is 21.3. The summed E-state index contributed by atoms with van der Waals surface area (Å²) in [5.41, 5.74) is -0.638. The number of alkyl carbamates (subject to hydrolysis) is 1. The highest BCUT2D eigenvalue weighted by Crippen LogP contribution is 2.19. The van der Waals surface area contributed by atoms with E-state index in [4.69, 9.17) is 4.74 Å². The zero-order valence-electron chi connectivity index (χ0n) is 12.6. The second-order valence-electron chi connectivity index (χ2n) is 6.15. The van der Waals surface area contributed by atoms with Crippen molar-refractivity contribution in [3.05, 3.63) is 0 Å². The molecule has 2 amide bonds. The number of likely N-dealkylation sites (tertiary alicyclic amines) is 1. The summed E-state index contributed by atoms with van der Waals surface area (Å²) in [4.78, 5) is 24.4. The molecule has 2 unspecified atom stereocenters. The molecule has 0 aromatic rings. The minimum Gasteiger partial charge on any atom is -0.444 e. The minimum absolute atomic E-state index is 0.101. The van der Waals surface area contributed by atoms with E-state index in [-0.39, 0.29) is 19.5 Å². The molecular weight excluding hydrogens is 303 g/mol. The van der Waals surface area contributed by atoms with E-state index in [9.17, 15) is 21.9 Å². The van der Waals surface area contributed by atoms with Gasteiger partial charge in [0.15, 0.2) is 0 Å². The Morgan fingerprint density at radius 1 is 1.52 bits per heavy atom. The molecule has 1 fully saturated rings. The molecular formula is C12H21FN2O5S. The summed E-state index contributed by atoms with van der Waals surface area (Å²) in [6.07, 6.45) is -0.992. The third-order valence-electron chi connectivity index (χ3n) is 2.83. The van der Waals surface area contributed by atoms with E-state index in [2.05, 4.69) is 5.32 Å². The Labute approximate surface area is 124 Å². The first-order chi connectivity index (χ1) is 9.38. The van der Waals surface area contributed by atoms with Crippen LogP contribution >= 0.6 is 0 Å². The highest BCUT2D eigenvalue weighted by atomic mass is 32.3. The Morgan fingerprint density at radius 2 is 2.10 bits per heavy atom. The van der Waals surface area contributed by atoms with Crippen molar-refractivity contribution in [3.63, 3.8) is 0 Å². The average molecular weight is 324 g/mol. The molecule has 0 spiro atoms. The Hall–Kier alpha value is -1.38. The van der Waals surface area contributed by atoms with Gasteiger partial charge in [0.25, 0.3) is 0 Å². The van der Waals surface area contributed by atoms with Crippen molar-refractivity contribution >= 4 is 22.2 Å². The lowest BCUT2D eigenvalue weighted by Gasteiger charge is -2.24. The zero-order chi connectivity index (χ0) is 16.4. The third-order valence-corrected chi connectivity index (χ3v) is 3.95. The van der Waals surface area contributed by atoms with Crippen LogP contribution in [-0.2, 0) is 19.8 Å². The molecule has 0 saturated carbocycles. The number of ether oxygens (including phenoxy) is 1. The van der Waals surface area contributed by atoms with Crippen LogP contribution in [0.2, 0.25) is 0 Å². The van der Waals surface area contributed by atoms with Crippen LogP contribution in [0.5, 0.6) is 0 Å². The number of hydrogen-bond acceptors (Lipinski definition) is 5. The molecule has 1 aliphatic rings. The molecule has 21 heavy (non-hydrogen) atoms. The molecule has 2 atom stereocenters. The summed E-state index contributed by atoms with van der Waals surface area (Å²) in [5.74, 6) is -0.445. The maximum Gasteiger partial charge on any atom is 0.407 e. The molecule has 9 heteroatoms. The van der Waals surface area contributed by atoms with E-state index >= 15 is 0 Å². The van der Waals surface area contributed by atoms with Crippen LogP contribution in [0.4, 0.5) is 8.68 Å². The van der Waals surface area contributed by atoms with Gasteiger partial charge in [0.2, 0.25) is 5.91 Å². The van der Waals surface area contributed by atoms with Gasteiger partial charge in [0.05, 0.1) is 0 Å². The van der Waals surface area contributed by atoms with Crippen LogP contribution in [0.3, 0.4) is 0 Å². The number of halogens is 1. The van der Waals surface area contributed by atoms with Crippen molar-refractivity contribution in [2.45, 2.75) is 51.0 Å². The summed E-state index contributed by atoms with van der Waals surface area (Å²) in [6.45, 7) is 6.71. The van der Waals surface area contributed by atoms with Crippen LogP contribution in [0, 0.1) is 0 Å². The van der Waals surface area contributed by atoms with Gasteiger partial charge in [-0.15, -0.1) is 3.89 Å². The van der Waals surface area contributed by atoms with Crippen molar-refractivity contribution in [2.24, 2.45) is 0 Å². The maximum atomic E-state index is 12.9. The number of carbonyl (C=O) groups excluding carboxylic acids is 2. The Balaban J connectivity index is 2.51. The Bertz CT molecular complexity index is 514. The molecule has 1 heterocycles. The lowest BCUT2D eigenvalue weighted by Crippen LogP contribution is -2.44. The van der Waals surface area contributed by atoms with Crippen molar-refractivity contribution in [1.82, 2.24) is 10.2 Å². The summed E-state index contributed by atoms with van der Waals surface area (Å²) in [7, 11) is -4.73. The largest absolute Gasteiger partial charge is 0.444 e. The van der Waals surface area contributed by atoms with Gasteiger partial charge >= 0.3 is 16.3 Å². The maximum absolute atomic E-state index is 12.9. The van der Waals surface area contributed by atoms with Crippen LogP contribution in [-0.4, -0.2) is 55.3 Å². The molecule has 0 aliphatic carbocycles. The van der Waals surface area contributed by atoms with Gasteiger partial charge in [-0.25, -0.2) is 4.79 Å². The smallest absolute Gasteiger partial charge is 0.407 e. The molecule has 1 N–H and O–H groups in total. The summed E-state index contributed by atoms with van der Waals surface area (Å²) in [6, 6.07) is -0.440. The highest BCUT2D eigenvalue weighted by Gasteiger charge is 2.38.